The number of amides is 1. The Morgan fingerprint density at radius 2 is 1.93 bits per heavy atom. The molecule has 1 N–H and O–H groups in total. The van der Waals surface area contributed by atoms with E-state index in [9.17, 15) is 14.7 Å². The number of carbonyl (C=O) groups is 2. The number of nitrogens with zero attached hydrogens (tertiary/aromatic N) is 2. The fourth-order valence-corrected chi connectivity index (χ4v) is 3.42. The van der Waals surface area contributed by atoms with Gasteiger partial charge < -0.3 is 14.7 Å². The van der Waals surface area contributed by atoms with Gasteiger partial charge in [0.1, 0.15) is 5.75 Å². The van der Waals surface area contributed by atoms with Crippen molar-refractivity contribution in [1.82, 2.24) is 0 Å². The monoisotopic (exact) mass is 364 g/mol. The second-order valence-corrected chi connectivity index (χ2v) is 6.40. The highest BCUT2D eigenvalue weighted by atomic mass is 16.5. The van der Waals surface area contributed by atoms with Crippen molar-refractivity contribution in [3.05, 3.63) is 59.7 Å². The molecule has 0 saturated carbocycles. The summed E-state index contributed by atoms with van der Waals surface area (Å²) in [6.45, 7) is 0.314. The number of nitriles is 1. The molecule has 0 saturated heterocycles. The number of fused-ring (bicyclic) bond motifs is 1. The topological polar surface area (TPSA) is 90.6 Å². The van der Waals surface area contributed by atoms with Gasteiger partial charge in [0.25, 0.3) is 5.91 Å². The van der Waals surface area contributed by atoms with Gasteiger partial charge >= 0.3 is 0 Å². The lowest BCUT2D eigenvalue weighted by Gasteiger charge is -2.23. The summed E-state index contributed by atoms with van der Waals surface area (Å²) in [6.07, 6.45) is 0.426. The first-order valence-electron chi connectivity index (χ1n) is 8.70. The van der Waals surface area contributed by atoms with Gasteiger partial charge in [-0.15, -0.1) is 0 Å². The van der Waals surface area contributed by atoms with Crippen molar-refractivity contribution in [2.24, 2.45) is 0 Å². The summed E-state index contributed by atoms with van der Waals surface area (Å²) in [4.78, 5) is 27.3. The van der Waals surface area contributed by atoms with E-state index in [1.54, 1.807) is 48.5 Å². The molecule has 0 spiro atoms. The molecule has 0 aromatic heterocycles. The minimum Gasteiger partial charge on any atom is -0.496 e. The highest BCUT2D eigenvalue weighted by Crippen LogP contribution is 2.43. The zero-order chi connectivity index (χ0) is 19.4. The highest BCUT2D eigenvalue weighted by Gasteiger charge is 2.50. The number of methoxy groups -OCH3 is 1. The number of ketones is 1. The predicted molar refractivity (Wildman–Crippen MR) is 99.5 cm³/mol. The van der Waals surface area contributed by atoms with Gasteiger partial charge in [0.2, 0.25) is 0 Å². The number of anilines is 1. The molecule has 0 radical (unpaired) electrons. The van der Waals surface area contributed by atoms with Gasteiger partial charge in [-0.3, -0.25) is 9.59 Å². The molecule has 1 aliphatic heterocycles. The number of benzene rings is 2. The quantitative estimate of drug-likeness (QED) is 0.603. The molecule has 2 aromatic rings. The number of carbonyl (C=O) groups excluding carboxylic acids is 2. The van der Waals surface area contributed by atoms with Crippen molar-refractivity contribution in [1.29, 1.82) is 5.26 Å². The molecule has 1 atom stereocenters. The van der Waals surface area contributed by atoms with Crippen LogP contribution in [0.2, 0.25) is 0 Å². The lowest BCUT2D eigenvalue weighted by Crippen LogP contribution is -2.42. The van der Waals surface area contributed by atoms with E-state index in [2.05, 4.69) is 0 Å². The molecule has 1 heterocycles. The van der Waals surface area contributed by atoms with Crippen LogP contribution in [0.4, 0.5) is 5.69 Å². The molecule has 3 rings (SSSR count). The molecule has 0 aliphatic carbocycles. The maximum absolute atomic E-state index is 13.0. The van der Waals surface area contributed by atoms with Crippen molar-refractivity contribution in [2.45, 2.75) is 24.9 Å². The molecule has 1 unspecified atom stereocenters. The van der Waals surface area contributed by atoms with Crippen molar-refractivity contribution in [3.63, 3.8) is 0 Å². The number of unbranched alkanes of at least 4 members (excludes halogenated alkanes) is 1. The van der Waals surface area contributed by atoms with Crippen LogP contribution in [0.25, 0.3) is 0 Å². The van der Waals surface area contributed by atoms with E-state index >= 15 is 0 Å². The molecular weight excluding hydrogens is 344 g/mol. The Hall–Kier alpha value is -3.17. The molecule has 2 aromatic carbocycles. The van der Waals surface area contributed by atoms with E-state index in [-0.39, 0.29) is 12.2 Å². The van der Waals surface area contributed by atoms with E-state index in [0.717, 1.165) is 0 Å². The van der Waals surface area contributed by atoms with E-state index in [4.69, 9.17) is 10.00 Å². The molecule has 27 heavy (non-hydrogen) atoms. The lowest BCUT2D eigenvalue weighted by atomic mass is 9.88. The predicted octanol–water partition coefficient (Wildman–Crippen LogP) is 2.81. The Balaban J connectivity index is 1.93. The SMILES string of the molecule is COc1ccccc1C(=O)CC1(O)C(=O)N(CCCC#N)c2ccccc21. The largest absolute Gasteiger partial charge is 0.496 e. The zero-order valence-electron chi connectivity index (χ0n) is 15.0. The van der Waals surface area contributed by atoms with Gasteiger partial charge in [0.05, 0.1) is 30.9 Å². The molecule has 1 amide bonds. The van der Waals surface area contributed by atoms with Gasteiger partial charge in [-0.1, -0.05) is 30.3 Å². The second-order valence-electron chi connectivity index (χ2n) is 6.40. The number of para-hydroxylation sites is 2. The summed E-state index contributed by atoms with van der Waals surface area (Å²) in [6, 6.07) is 15.7. The zero-order valence-corrected chi connectivity index (χ0v) is 15.0. The average molecular weight is 364 g/mol. The average Bonchev–Trinajstić information content (AvgIpc) is 2.90. The molecule has 6 heteroatoms. The summed E-state index contributed by atoms with van der Waals surface area (Å²) in [5.41, 5.74) is -0.617. The Kier molecular flexibility index (Phi) is 5.24. The molecule has 0 fully saturated rings. The van der Waals surface area contributed by atoms with E-state index in [1.165, 1.54) is 12.0 Å². The number of hydrogen-bond acceptors (Lipinski definition) is 5. The van der Waals surface area contributed by atoms with Crippen LogP contribution < -0.4 is 9.64 Å². The third-order valence-corrected chi connectivity index (χ3v) is 4.73. The van der Waals surface area contributed by atoms with Crippen LogP contribution in [0.1, 0.15) is 35.2 Å². The number of ether oxygens (including phenoxy) is 1. The Morgan fingerprint density at radius 3 is 2.67 bits per heavy atom. The molecular formula is C21H20N2O4. The van der Waals surface area contributed by atoms with Crippen LogP contribution in [-0.2, 0) is 10.4 Å². The van der Waals surface area contributed by atoms with Crippen LogP contribution in [0.15, 0.2) is 48.5 Å². The number of hydrogen-bond donors (Lipinski definition) is 1. The van der Waals surface area contributed by atoms with Gasteiger partial charge in [-0.2, -0.15) is 5.26 Å². The Labute approximate surface area is 157 Å². The molecule has 6 nitrogen and oxygen atoms in total. The number of aliphatic hydroxyl groups is 1. The fourth-order valence-electron chi connectivity index (χ4n) is 3.42. The van der Waals surface area contributed by atoms with Crippen LogP contribution in [0.5, 0.6) is 5.75 Å². The Bertz CT molecular complexity index is 918. The lowest BCUT2D eigenvalue weighted by molar-refractivity contribution is -0.135. The first-order chi connectivity index (χ1) is 13.0. The van der Waals surface area contributed by atoms with Crippen molar-refractivity contribution in [3.8, 4) is 11.8 Å². The van der Waals surface area contributed by atoms with Gasteiger partial charge in [-0.25, -0.2) is 0 Å². The van der Waals surface area contributed by atoms with Gasteiger partial charge in [-0.05, 0) is 24.6 Å². The van der Waals surface area contributed by atoms with E-state index < -0.39 is 11.5 Å². The first-order valence-corrected chi connectivity index (χ1v) is 8.70. The fraction of sp³-hybridized carbons (Fsp3) is 0.286. The van der Waals surface area contributed by atoms with Crippen molar-refractivity contribution >= 4 is 17.4 Å². The minimum atomic E-state index is -1.93. The minimum absolute atomic E-state index is 0.310. The van der Waals surface area contributed by atoms with E-state index in [0.29, 0.717) is 42.0 Å². The second kappa shape index (κ2) is 7.60. The summed E-state index contributed by atoms with van der Waals surface area (Å²) >= 11 is 0. The highest BCUT2D eigenvalue weighted by molar-refractivity contribution is 6.11. The maximum atomic E-state index is 13.0. The van der Waals surface area contributed by atoms with Crippen LogP contribution in [-0.4, -0.2) is 30.5 Å². The van der Waals surface area contributed by atoms with Crippen LogP contribution in [0.3, 0.4) is 0 Å². The first kappa shape index (κ1) is 18.6. The van der Waals surface area contributed by atoms with Gasteiger partial charge in [0, 0.05) is 18.5 Å². The maximum Gasteiger partial charge on any atom is 0.264 e. The number of rotatable bonds is 7. The number of Topliss-reactive ketones (excluding diaryl/α,β-unsaturated/α-hetero) is 1. The summed E-state index contributed by atoms with van der Waals surface area (Å²) in [5, 5.41) is 20.0. The molecule has 0 bridgehead atoms. The van der Waals surface area contributed by atoms with Crippen molar-refractivity contribution in [2.75, 3.05) is 18.6 Å². The van der Waals surface area contributed by atoms with E-state index in [1.807, 2.05) is 6.07 Å². The third kappa shape index (κ3) is 3.29. The standard InChI is InChI=1S/C21H20N2O4/c1-27-19-11-5-2-8-15(19)18(24)14-21(26)16-9-3-4-10-17(16)23(20(21)25)13-7-6-12-22/h2-5,8-11,26H,6-7,13-14H2,1H3. The Morgan fingerprint density at radius 1 is 1.22 bits per heavy atom. The van der Waals surface area contributed by atoms with Crippen LogP contribution in [0, 0.1) is 11.3 Å². The summed E-state index contributed by atoms with van der Waals surface area (Å²) in [7, 11) is 1.47. The normalized spacial score (nSPS) is 18.1. The van der Waals surface area contributed by atoms with Crippen molar-refractivity contribution < 1.29 is 19.4 Å². The smallest absolute Gasteiger partial charge is 0.264 e. The van der Waals surface area contributed by atoms with Gasteiger partial charge in [0.15, 0.2) is 11.4 Å². The summed E-state index contributed by atoms with van der Waals surface area (Å²) < 4.78 is 5.22. The summed E-state index contributed by atoms with van der Waals surface area (Å²) in [5.74, 6) is -0.516. The van der Waals surface area contributed by atoms with Crippen LogP contribution >= 0.6 is 0 Å². The molecule has 138 valence electrons. The third-order valence-electron chi connectivity index (χ3n) is 4.73. The molecule has 1 aliphatic rings.